The minimum absolute atomic E-state index is 0.121. The minimum Gasteiger partial charge on any atom is -0.381 e. The first kappa shape index (κ1) is 16.0. The lowest BCUT2D eigenvalue weighted by Gasteiger charge is -2.51. The van der Waals surface area contributed by atoms with Gasteiger partial charge in [-0.1, -0.05) is 27.7 Å². The van der Waals surface area contributed by atoms with Crippen LogP contribution in [0.15, 0.2) is 6.07 Å². The molecule has 1 aromatic rings. The summed E-state index contributed by atoms with van der Waals surface area (Å²) < 4.78 is 5.51. The first-order chi connectivity index (χ1) is 9.88. The van der Waals surface area contributed by atoms with E-state index in [1.54, 1.807) is 7.11 Å². The molecule has 5 heteroatoms. The van der Waals surface area contributed by atoms with Crippen molar-refractivity contribution in [3.05, 3.63) is 11.9 Å². The molecular weight excluding hydrogens is 264 g/mol. The van der Waals surface area contributed by atoms with Crippen LogP contribution >= 0.6 is 0 Å². The molecule has 2 atom stereocenters. The van der Waals surface area contributed by atoms with E-state index in [4.69, 9.17) is 4.74 Å². The molecule has 0 bridgehead atoms. The fourth-order valence-electron chi connectivity index (χ4n) is 2.78. The molecule has 0 aromatic carbocycles. The molecule has 2 rings (SSSR count). The van der Waals surface area contributed by atoms with E-state index in [1.165, 1.54) is 0 Å². The summed E-state index contributed by atoms with van der Waals surface area (Å²) in [6.07, 6.45) is 1.33. The minimum atomic E-state index is 0.121. The van der Waals surface area contributed by atoms with Crippen LogP contribution in [0.3, 0.4) is 0 Å². The predicted molar refractivity (Wildman–Crippen MR) is 86.9 cm³/mol. The molecule has 0 spiro atoms. The summed E-state index contributed by atoms with van der Waals surface area (Å²) in [6.45, 7) is 11.6. The smallest absolute Gasteiger partial charge is 0.135 e. The van der Waals surface area contributed by atoms with Crippen molar-refractivity contribution < 1.29 is 4.74 Å². The summed E-state index contributed by atoms with van der Waals surface area (Å²) in [7, 11) is 1.79. The molecular formula is C16H28N4O. The summed E-state index contributed by atoms with van der Waals surface area (Å²) in [5.74, 6) is 2.97. The summed E-state index contributed by atoms with van der Waals surface area (Å²) in [5, 5.41) is 6.83. The Morgan fingerprint density at radius 1 is 1.33 bits per heavy atom. The van der Waals surface area contributed by atoms with E-state index in [0.29, 0.717) is 18.1 Å². The monoisotopic (exact) mass is 292 g/mol. The Morgan fingerprint density at radius 3 is 2.52 bits per heavy atom. The molecule has 1 heterocycles. The molecule has 0 amide bonds. The van der Waals surface area contributed by atoms with E-state index >= 15 is 0 Å². The molecule has 0 aliphatic heterocycles. The summed E-state index contributed by atoms with van der Waals surface area (Å²) in [5.41, 5.74) is 0.121. The molecule has 1 aromatic heterocycles. The third-order valence-electron chi connectivity index (χ3n) is 4.40. The van der Waals surface area contributed by atoms with Gasteiger partial charge >= 0.3 is 0 Å². The molecule has 1 saturated carbocycles. The van der Waals surface area contributed by atoms with Gasteiger partial charge in [-0.3, -0.25) is 0 Å². The maximum absolute atomic E-state index is 5.51. The largest absolute Gasteiger partial charge is 0.381 e. The van der Waals surface area contributed by atoms with Crippen molar-refractivity contribution in [3.63, 3.8) is 0 Å². The summed E-state index contributed by atoms with van der Waals surface area (Å²) in [4.78, 5) is 9.20. The van der Waals surface area contributed by atoms with Crippen molar-refractivity contribution in [2.24, 2.45) is 5.41 Å². The molecule has 21 heavy (non-hydrogen) atoms. The Hall–Kier alpha value is -1.36. The molecule has 0 radical (unpaired) electrons. The number of nitrogens with one attached hydrogen (secondary N) is 2. The van der Waals surface area contributed by atoms with Gasteiger partial charge in [0.15, 0.2) is 0 Å². The SMILES string of the molecule is CCNc1cc(NC2CC(OC)C2(C)C)nc(C(C)C)n1. The maximum atomic E-state index is 5.51. The molecule has 118 valence electrons. The van der Waals surface area contributed by atoms with Crippen molar-refractivity contribution in [1.29, 1.82) is 0 Å². The van der Waals surface area contributed by atoms with Gasteiger partial charge < -0.3 is 15.4 Å². The summed E-state index contributed by atoms with van der Waals surface area (Å²) >= 11 is 0. The van der Waals surface area contributed by atoms with Gasteiger partial charge in [0.05, 0.1) is 6.10 Å². The van der Waals surface area contributed by atoms with Crippen LogP contribution in [0, 0.1) is 5.41 Å². The van der Waals surface area contributed by atoms with Gasteiger partial charge in [-0.25, -0.2) is 9.97 Å². The topological polar surface area (TPSA) is 59.1 Å². The molecule has 1 aliphatic rings. The normalized spacial score (nSPS) is 23.8. The van der Waals surface area contributed by atoms with Crippen LogP contribution in [0.25, 0.3) is 0 Å². The maximum Gasteiger partial charge on any atom is 0.135 e. The van der Waals surface area contributed by atoms with Crippen molar-refractivity contribution in [2.75, 3.05) is 24.3 Å². The highest BCUT2D eigenvalue weighted by Crippen LogP contribution is 2.43. The summed E-state index contributed by atoms with van der Waals surface area (Å²) in [6, 6.07) is 2.37. The van der Waals surface area contributed by atoms with Crippen LogP contribution in [0.2, 0.25) is 0 Å². The predicted octanol–water partition coefficient (Wildman–Crippen LogP) is 3.26. The lowest BCUT2D eigenvalue weighted by Crippen LogP contribution is -2.57. The van der Waals surface area contributed by atoms with Crippen LogP contribution < -0.4 is 10.6 Å². The second-order valence-electron chi connectivity index (χ2n) is 6.66. The standard InChI is InChI=1S/C16H28N4O/c1-7-17-13-9-14(20-15(19-13)10(2)3)18-11-8-12(21-6)16(11,4)5/h9-12H,7-8H2,1-6H3,(H2,17,18,19,20). The number of ether oxygens (including phenoxy) is 1. The average Bonchev–Trinajstić information content (AvgIpc) is 2.43. The second kappa shape index (κ2) is 6.18. The number of hydrogen-bond donors (Lipinski definition) is 2. The Morgan fingerprint density at radius 2 is 2.00 bits per heavy atom. The molecule has 0 saturated heterocycles. The fraction of sp³-hybridized carbons (Fsp3) is 0.750. The number of aromatic nitrogens is 2. The van der Waals surface area contributed by atoms with Crippen molar-refractivity contribution in [1.82, 2.24) is 9.97 Å². The van der Waals surface area contributed by atoms with Gasteiger partial charge in [0, 0.05) is 37.1 Å². The quantitative estimate of drug-likeness (QED) is 0.843. The van der Waals surface area contributed by atoms with Crippen molar-refractivity contribution in [3.8, 4) is 0 Å². The van der Waals surface area contributed by atoms with Crippen molar-refractivity contribution >= 4 is 11.6 Å². The van der Waals surface area contributed by atoms with Crippen LogP contribution in [0.5, 0.6) is 0 Å². The van der Waals surface area contributed by atoms with Crippen LogP contribution in [0.1, 0.15) is 52.8 Å². The first-order valence-electron chi connectivity index (χ1n) is 7.80. The number of anilines is 2. The Kier molecular flexibility index (Phi) is 4.71. The van der Waals surface area contributed by atoms with Crippen molar-refractivity contribution in [2.45, 2.75) is 59.1 Å². The zero-order valence-corrected chi connectivity index (χ0v) is 14.0. The van der Waals surface area contributed by atoms with Crippen LogP contribution in [-0.4, -0.2) is 35.8 Å². The zero-order valence-electron chi connectivity index (χ0n) is 14.0. The number of rotatable bonds is 6. The molecule has 1 aliphatic carbocycles. The second-order valence-corrected chi connectivity index (χ2v) is 6.66. The highest BCUT2D eigenvalue weighted by atomic mass is 16.5. The van der Waals surface area contributed by atoms with E-state index in [2.05, 4.69) is 55.2 Å². The van der Waals surface area contributed by atoms with Gasteiger partial charge in [0.2, 0.25) is 0 Å². The van der Waals surface area contributed by atoms with E-state index in [1.807, 2.05) is 6.07 Å². The lowest BCUT2D eigenvalue weighted by atomic mass is 9.64. The third kappa shape index (κ3) is 3.28. The van der Waals surface area contributed by atoms with E-state index in [-0.39, 0.29) is 5.41 Å². The van der Waals surface area contributed by atoms with Crippen LogP contribution in [-0.2, 0) is 4.74 Å². The Labute approximate surface area is 127 Å². The highest BCUT2D eigenvalue weighted by Gasteiger charge is 2.48. The van der Waals surface area contributed by atoms with Gasteiger partial charge in [-0.15, -0.1) is 0 Å². The van der Waals surface area contributed by atoms with Gasteiger partial charge in [0.1, 0.15) is 17.5 Å². The van der Waals surface area contributed by atoms with Gasteiger partial charge in [-0.2, -0.15) is 0 Å². The zero-order chi connectivity index (χ0) is 15.6. The Balaban J connectivity index is 2.16. The fourth-order valence-corrected chi connectivity index (χ4v) is 2.78. The molecule has 5 nitrogen and oxygen atoms in total. The van der Waals surface area contributed by atoms with Gasteiger partial charge in [0.25, 0.3) is 0 Å². The number of nitrogens with zero attached hydrogens (tertiary/aromatic N) is 2. The average molecular weight is 292 g/mol. The van der Waals surface area contributed by atoms with Gasteiger partial charge in [-0.05, 0) is 13.3 Å². The highest BCUT2D eigenvalue weighted by molar-refractivity contribution is 5.49. The number of hydrogen-bond acceptors (Lipinski definition) is 5. The molecule has 2 N–H and O–H groups in total. The Bertz CT molecular complexity index is 487. The third-order valence-corrected chi connectivity index (χ3v) is 4.40. The number of methoxy groups -OCH3 is 1. The lowest BCUT2D eigenvalue weighted by molar-refractivity contribution is -0.0795. The van der Waals surface area contributed by atoms with Crippen LogP contribution in [0.4, 0.5) is 11.6 Å². The first-order valence-corrected chi connectivity index (χ1v) is 7.80. The molecule has 2 unspecified atom stereocenters. The van der Waals surface area contributed by atoms with E-state index < -0.39 is 0 Å². The molecule has 1 fully saturated rings. The van der Waals surface area contributed by atoms with E-state index in [0.717, 1.165) is 30.4 Å². The van der Waals surface area contributed by atoms with E-state index in [9.17, 15) is 0 Å².